The van der Waals surface area contributed by atoms with Gasteiger partial charge in [-0.25, -0.2) is 0 Å². The standard InChI is InChI=1S/C12H16N6O3/c1-3-16-5-4-10(15-16)6-13-12(19)8-17-9(2)11(7-14-17)18(20)21/h4-5,7H,3,6,8H2,1-2H3,(H,13,19). The zero-order chi connectivity index (χ0) is 15.4. The Morgan fingerprint density at radius 2 is 2.29 bits per heavy atom. The van der Waals surface area contributed by atoms with Gasteiger partial charge < -0.3 is 5.32 Å². The molecule has 0 aliphatic heterocycles. The van der Waals surface area contributed by atoms with Gasteiger partial charge in [0.2, 0.25) is 5.91 Å². The van der Waals surface area contributed by atoms with Crippen LogP contribution in [0.3, 0.4) is 0 Å². The normalized spacial score (nSPS) is 10.6. The predicted molar refractivity (Wildman–Crippen MR) is 73.4 cm³/mol. The molecule has 1 N–H and O–H groups in total. The molecule has 0 aromatic carbocycles. The van der Waals surface area contributed by atoms with E-state index < -0.39 is 4.92 Å². The van der Waals surface area contributed by atoms with Gasteiger partial charge in [0.1, 0.15) is 18.4 Å². The van der Waals surface area contributed by atoms with Gasteiger partial charge >= 0.3 is 5.69 Å². The van der Waals surface area contributed by atoms with Crippen molar-refractivity contribution in [2.24, 2.45) is 0 Å². The Kier molecular flexibility index (Phi) is 4.31. The zero-order valence-corrected chi connectivity index (χ0v) is 11.8. The molecule has 0 saturated carbocycles. The van der Waals surface area contributed by atoms with E-state index in [4.69, 9.17) is 0 Å². The van der Waals surface area contributed by atoms with E-state index in [1.54, 1.807) is 11.6 Å². The number of hydrogen-bond acceptors (Lipinski definition) is 5. The molecule has 0 unspecified atom stereocenters. The zero-order valence-electron chi connectivity index (χ0n) is 11.8. The smallest absolute Gasteiger partial charge is 0.309 e. The fraction of sp³-hybridized carbons (Fsp3) is 0.417. The third-order valence-electron chi connectivity index (χ3n) is 3.05. The third-order valence-corrected chi connectivity index (χ3v) is 3.05. The van der Waals surface area contributed by atoms with Crippen LogP contribution in [0.1, 0.15) is 18.3 Å². The Balaban J connectivity index is 1.91. The Morgan fingerprint density at radius 1 is 1.52 bits per heavy atom. The lowest BCUT2D eigenvalue weighted by atomic mass is 10.4. The number of carbonyl (C=O) groups excluding carboxylic acids is 1. The summed E-state index contributed by atoms with van der Waals surface area (Å²) in [6.07, 6.45) is 2.98. The van der Waals surface area contributed by atoms with Crippen molar-refractivity contribution in [2.45, 2.75) is 33.5 Å². The van der Waals surface area contributed by atoms with Crippen LogP contribution in [0.15, 0.2) is 18.5 Å². The number of rotatable bonds is 6. The molecule has 0 atom stereocenters. The van der Waals surface area contributed by atoms with Gasteiger partial charge in [-0.3, -0.25) is 24.3 Å². The van der Waals surface area contributed by atoms with E-state index >= 15 is 0 Å². The molecule has 21 heavy (non-hydrogen) atoms. The van der Waals surface area contributed by atoms with E-state index in [1.165, 1.54) is 4.68 Å². The topological polar surface area (TPSA) is 108 Å². The lowest BCUT2D eigenvalue weighted by Gasteiger charge is -2.05. The van der Waals surface area contributed by atoms with E-state index in [1.807, 2.05) is 19.2 Å². The molecule has 2 aromatic rings. The van der Waals surface area contributed by atoms with Crippen LogP contribution in [0.2, 0.25) is 0 Å². The molecule has 112 valence electrons. The van der Waals surface area contributed by atoms with E-state index in [-0.39, 0.29) is 18.1 Å². The van der Waals surface area contributed by atoms with Gasteiger partial charge in [-0.05, 0) is 19.9 Å². The van der Waals surface area contributed by atoms with Crippen LogP contribution < -0.4 is 5.32 Å². The number of nitrogens with zero attached hydrogens (tertiary/aromatic N) is 5. The number of aryl methyl sites for hydroxylation is 1. The molecule has 0 bridgehead atoms. The van der Waals surface area contributed by atoms with Crippen molar-refractivity contribution >= 4 is 11.6 Å². The van der Waals surface area contributed by atoms with Gasteiger partial charge in [0.25, 0.3) is 0 Å². The first kappa shape index (κ1) is 14.7. The highest BCUT2D eigenvalue weighted by Gasteiger charge is 2.17. The number of amides is 1. The summed E-state index contributed by atoms with van der Waals surface area (Å²) in [5.41, 5.74) is 1.02. The van der Waals surface area contributed by atoms with Crippen LogP contribution in [-0.4, -0.2) is 30.4 Å². The second kappa shape index (κ2) is 6.16. The Hall–Kier alpha value is -2.71. The third kappa shape index (κ3) is 3.44. The SMILES string of the molecule is CCn1ccc(CNC(=O)Cn2ncc([N+](=O)[O-])c2C)n1. The molecule has 1 amide bonds. The number of carbonyl (C=O) groups is 1. The maximum atomic E-state index is 11.8. The summed E-state index contributed by atoms with van der Waals surface area (Å²) >= 11 is 0. The van der Waals surface area contributed by atoms with E-state index in [0.29, 0.717) is 12.2 Å². The Bertz CT molecular complexity index is 660. The van der Waals surface area contributed by atoms with Gasteiger partial charge in [0.15, 0.2) is 0 Å². The van der Waals surface area contributed by atoms with Crippen LogP contribution in [0, 0.1) is 17.0 Å². The molecule has 2 aromatic heterocycles. The first-order chi connectivity index (χ1) is 10.0. The van der Waals surface area contributed by atoms with Crippen LogP contribution in [0.4, 0.5) is 5.69 Å². The average Bonchev–Trinajstić information content (AvgIpc) is 3.04. The molecule has 0 spiro atoms. The van der Waals surface area contributed by atoms with Crippen LogP contribution in [0.25, 0.3) is 0 Å². The van der Waals surface area contributed by atoms with Gasteiger partial charge in [0, 0.05) is 12.7 Å². The fourth-order valence-electron chi connectivity index (χ4n) is 1.83. The number of nitrogens with one attached hydrogen (secondary N) is 1. The highest BCUT2D eigenvalue weighted by molar-refractivity contribution is 5.75. The minimum absolute atomic E-state index is 0.0613. The summed E-state index contributed by atoms with van der Waals surface area (Å²) in [5, 5.41) is 21.5. The summed E-state index contributed by atoms with van der Waals surface area (Å²) in [7, 11) is 0. The molecule has 2 rings (SSSR count). The largest absolute Gasteiger partial charge is 0.349 e. The van der Waals surface area contributed by atoms with Crippen molar-refractivity contribution in [3.05, 3.63) is 40.0 Å². The molecular weight excluding hydrogens is 276 g/mol. The number of aromatic nitrogens is 4. The van der Waals surface area contributed by atoms with E-state index in [0.717, 1.165) is 18.4 Å². The maximum absolute atomic E-state index is 11.8. The lowest BCUT2D eigenvalue weighted by molar-refractivity contribution is -0.385. The second-order valence-corrected chi connectivity index (χ2v) is 4.47. The number of nitro groups is 1. The molecule has 0 radical (unpaired) electrons. The number of hydrogen-bond donors (Lipinski definition) is 1. The molecular formula is C12H16N6O3. The van der Waals surface area contributed by atoms with Crippen LogP contribution in [0.5, 0.6) is 0 Å². The average molecular weight is 292 g/mol. The van der Waals surface area contributed by atoms with Gasteiger partial charge in [0.05, 0.1) is 17.2 Å². The predicted octanol–water partition coefficient (Wildman–Crippen LogP) is 0.633. The van der Waals surface area contributed by atoms with E-state index in [9.17, 15) is 14.9 Å². The van der Waals surface area contributed by atoms with Crippen molar-refractivity contribution < 1.29 is 9.72 Å². The molecule has 0 aliphatic carbocycles. The van der Waals surface area contributed by atoms with Gasteiger partial charge in [-0.15, -0.1) is 0 Å². The van der Waals surface area contributed by atoms with Crippen molar-refractivity contribution in [1.82, 2.24) is 24.9 Å². The van der Waals surface area contributed by atoms with Crippen molar-refractivity contribution in [2.75, 3.05) is 0 Å². The summed E-state index contributed by atoms with van der Waals surface area (Å²) < 4.78 is 3.07. The van der Waals surface area contributed by atoms with E-state index in [2.05, 4.69) is 15.5 Å². The molecule has 9 heteroatoms. The summed E-state index contributed by atoms with van der Waals surface area (Å²) in [6, 6.07) is 1.83. The first-order valence-corrected chi connectivity index (χ1v) is 6.47. The minimum atomic E-state index is -0.520. The highest BCUT2D eigenvalue weighted by Crippen LogP contribution is 2.15. The van der Waals surface area contributed by atoms with Crippen molar-refractivity contribution in [3.8, 4) is 0 Å². The van der Waals surface area contributed by atoms with Gasteiger partial charge in [-0.1, -0.05) is 0 Å². The van der Waals surface area contributed by atoms with Crippen molar-refractivity contribution in [3.63, 3.8) is 0 Å². The molecule has 0 aliphatic rings. The summed E-state index contributed by atoms with van der Waals surface area (Å²) in [6.45, 7) is 4.55. The fourth-order valence-corrected chi connectivity index (χ4v) is 1.83. The Labute approximate surface area is 120 Å². The molecule has 0 fully saturated rings. The quantitative estimate of drug-likeness (QED) is 0.620. The lowest BCUT2D eigenvalue weighted by Crippen LogP contribution is -2.28. The van der Waals surface area contributed by atoms with Crippen molar-refractivity contribution in [1.29, 1.82) is 0 Å². The van der Waals surface area contributed by atoms with Crippen LogP contribution >= 0.6 is 0 Å². The minimum Gasteiger partial charge on any atom is -0.349 e. The highest BCUT2D eigenvalue weighted by atomic mass is 16.6. The molecule has 2 heterocycles. The summed E-state index contributed by atoms with van der Waals surface area (Å²) in [4.78, 5) is 22.0. The molecule has 0 saturated heterocycles. The maximum Gasteiger partial charge on any atom is 0.309 e. The molecule has 9 nitrogen and oxygen atoms in total. The second-order valence-electron chi connectivity index (χ2n) is 4.47. The van der Waals surface area contributed by atoms with Gasteiger partial charge in [-0.2, -0.15) is 10.2 Å². The van der Waals surface area contributed by atoms with Crippen LogP contribution in [-0.2, 0) is 24.4 Å². The monoisotopic (exact) mass is 292 g/mol. The summed E-state index contributed by atoms with van der Waals surface area (Å²) in [5.74, 6) is -0.276. The first-order valence-electron chi connectivity index (χ1n) is 6.47. The Morgan fingerprint density at radius 3 is 2.86 bits per heavy atom.